The van der Waals surface area contributed by atoms with Crippen LogP contribution in [-0.4, -0.2) is 34.3 Å². The van der Waals surface area contributed by atoms with Crippen LogP contribution in [0.5, 0.6) is 0 Å². The Kier molecular flexibility index (Phi) is 4.59. The van der Waals surface area contributed by atoms with Crippen molar-refractivity contribution in [2.45, 2.75) is 17.2 Å². The minimum absolute atomic E-state index is 0.165. The molecule has 0 spiro atoms. The van der Waals surface area contributed by atoms with Gasteiger partial charge in [0.05, 0.1) is 4.58 Å². The first-order chi connectivity index (χ1) is 7.74. The number of hydrogen-bond acceptors (Lipinski definition) is 4. The summed E-state index contributed by atoms with van der Waals surface area (Å²) in [5.74, 6) is 2.08. The first-order valence-electron chi connectivity index (χ1n) is 5.13. The van der Waals surface area contributed by atoms with Gasteiger partial charge in [0.2, 0.25) is 0 Å². The molecule has 0 aromatic carbocycles. The van der Waals surface area contributed by atoms with Crippen molar-refractivity contribution in [2.75, 3.05) is 18.6 Å². The molecule has 0 aliphatic carbocycles. The molecule has 2 aliphatic heterocycles. The molecule has 2 nitrogen and oxygen atoms in total. The summed E-state index contributed by atoms with van der Waals surface area (Å²) in [6, 6.07) is 0. The molecule has 0 saturated carbocycles. The molecular weight excluding hydrogens is 264 g/mol. The fourth-order valence-electron chi connectivity index (χ4n) is 1.68. The van der Waals surface area contributed by atoms with Crippen molar-refractivity contribution in [2.24, 2.45) is 0 Å². The van der Waals surface area contributed by atoms with E-state index in [1.807, 2.05) is 35.7 Å². The van der Waals surface area contributed by atoms with Gasteiger partial charge in [0, 0.05) is 22.1 Å². The Hall–Kier alpha value is 0.300. The predicted octanol–water partition coefficient (Wildman–Crippen LogP) is 3.00. The molecule has 0 amide bonds. The van der Waals surface area contributed by atoms with Crippen molar-refractivity contribution in [3.63, 3.8) is 0 Å². The lowest BCUT2D eigenvalue weighted by molar-refractivity contribution is 0.106. The molecule has 0 N–H and O–H groups in total. The quantitative estimate of drug-likeness (QED) is 0.569. The van der Waals surface area contributed by atoms with Crippen molar-refractivity contribution in [1.29, 1.82) is 0 Å². The Labute approximate surface area is 106 Å². The molecule has 2 heterocycles. The van der Waals surface area contributed by atoms with Crippen molar-refractivity contribution < 1.29 is 8.91 Å². The zero-order chi connectivity index (χ0) is 11.5. The highest BCUT2D eigenvalue weighted by Crippen LogP contribution is 2.39. The van der Waals surface area contributed by atoms with E-state index in [0.717, 1.165) is 17.1 Å². The highest BCUT2D eigenvalue weighted by Gasteiger charge is 2.27. The monoisotopic (exact) mass is 279 g/mol. The number of allylic oxidation sites excluding steroid dienone is 1. The van der Waals surface area contributed by atoms with Gasteiger partial charge in [-0.2, -0.15) is 4.39 Å². The lowest BCUT2D eigenvalue weighted by Gasteiger charge is -2.32. The molecule has 2 rings (SSSR count). The summed E-state index contributed by atoms with van der Waals surface area (Å²) in [6.45, 7) is 0. The second-order valence-corrected chi connectivity index (χ2v) is 6.67. The zero-order valence-corrected chi connectivity index (χ0v) is 11.8. The minimum Gasteiger partial charge on any atom is -0.338 e. The number of rotatable bonds is 2. The third kappa shape index (κ3) is 2.58. The summed E-state index contributed by atoms with van der Waals surface area (Å²) >= 11 is 3.65. The van der Waals surface area contributed by atoms with Gasteiger partial charge < -0.3 is 9.42 Å². The molecule has 0 aromatic heterocycles. The predicted molar refractivity (Wildman–Crippen MR) is 72.9 cm³/mol. The maximum Gasteiger partial charge on any atom is 0.196 e. The lowest BCUT2D eigenvalue weighted by Crippen LogP contribution is -2.32. The fourth-order valence-corrected chi connectivity index (χ4v) is 4.86. The van der Waals surface area contributed by atoms with Crippen LogP contribution >= 0.6 is 33.0 Å². The van der Waals surface area contributed by atoms with E-state index in [-0.39, 0.29) is 16.8 Å². The summed E-state index contributed by atoms with van der Waals surface area (Å²) in [6.07, 6.45) is 4.66. The normalized spacial score (nSPS) is 27.7. The van der Waals surface area contributed by atoms with Crippen LogP contribution < -0.4 is 0 Å². The van der Waals surface area contributed by atoms with Crippen LogP contribution in [0.3, 0.4) is 0 Å². The fraction of sp³-hybridized carbons (Fsp3) is 0.600. The summed E-state index contributed by atoms with van der Waals surface area (Å²) in [5.41, 5.74) is 0.788. The van der Waals surface area contributed by atoms with Gasteiger partial charge >= 0.3 is 0 Å². The largest absolute Gasteiger partial charge is 0.338 e. The molecule has 0 radical (unpaired) electrons. The molecule has 1 fully saturated rings. The molecule has 0 aromatic rings. The van der Waals surface area contributed by atoms with Crippen molar-refractivity contribution in [3.8, 4) is 0 Å². The number of hydrogen-bond donors (Lipinski definition) is 0. The van der Waals surface area contributed by atoms with Crippen molar-refractivity contribution >= 4 is 33.0 Å². The molecule has 2 aliphatic rings. The minimum atomic E-state index is -0.313. The van der Waals surface area contributed by atoms with Crippen LogP contribution in [0, 0.1) is 0 Å². The van der Waals surface area contributed by atoms with Gasteiger partial charge in [-0.1, -0.05) is 6.08 Å². The highest BCUT2D eigenvalue weighted by molar-refractivity contribution is 8.17. The average molecular weight is 279 g/mol. The van der Waals surface area contributed by atoms with Crippen LogP contribution in [0.1, 0.15) is 6.42 Å². The molecule has 1 saturated heterocycles. The lowest BCUT2D eigenvalue weighted by atomic mass is 10.2. The average Bonchev–Trinajstić information content (AvgIpc) is 2.34. The topological polar surface area (TPSA) is 12.5 Å². The molecule has 2 atom stereocenters. The van der Waals surface area contributed by atoms with Gasteiger partial charge in [0.15, 0.2) is 12.2 Å². The number of halogens is 1. The second-order valence-electron chi connectivity index (χ2n) is 3.67. The molecule has 16 heavy (non-hydrogen) atoms. The SMILES string of the molecule is CN1C(F)=C(C2SCCCS2)C=CC1OP. The molecule has 0 bridgehead atoms. The highest BCUT2D eigenvalue weighted by atomic mass is 32.2. The van der Waals surface area contributed by atoms with Gasteiger partial charge in [-0.15, -0.1) is 23.5 Å². The van der Waals surface area contributed by atoms with Gasteiger partial charge in [-0.05, 0) is 24.0 Å². The van der Waals surface area contributed by atoms with E-state index in [1.165, 1.54) is 11.3 Å². The van der Waals surface area contributed by atoms with Gasteiger partial charge in [-0.3, -0.25) is 0 Å². The maximum absolute atomic E-state index is 14.1. The first kappa shape index (κ1) is 12.7. The van der Waals surface area contributed by atoms with Crippen LogP contribution in [-0.2, 0) is 4.52 Å². The van der Waals surface area contributed by atoms with Gasteiger partial charge in [0.1, 0.15) is 0 Å². The summed E-state index contributed by atoms with van der Waals surface area (Å²) in [7, 11) is 3.89. The first-order valence-corrected chi connectivity index (χ1v) is 7.70. The molecule has 90 valence electrons. The smallest absolute Gasteiger partial charge is 0.196 e. The van der Waals surface area contributed by atoms with E-state index in [0.29, 0.717) is 0 Å². The zero-order valence-electron chi connectivity index (χ0n) is 9.06. The van der Waals surface area contributed by atoms with Crippen LogP contribution in [0.2, 0.25) is 0 Å². The molecule has 6 heteroatoms. The Bertz CT molecular complexity index is 318. The van der Waals surface area contributed by atoms with E-state index in [2.05, 4.69) is 9.47 Å². The van der Waals surface area contributed by atoms with Crippen LogP contribution in [0.15, 0.2) is 23.7 Å². The van der Waals surface area contributed by atoms with E-state index in [9.17, 15) is 4.39 Å². The van der Waals surface area contributed by atoms with E-state index in [4.69, 9.17) is 4.52 Å². The Morgan fingerprint density at radius 2 is 2.19 bits per heavy atom. The van der Waals surface area contributed by atoms with Gasteiger partial charge in [-0.25, -0.2) is 0 Å². The maximum atomic E-state index is 14.1. The van der Waals surface area contributed by atoms with Crippen LogP contribution in [0.25, 0.3) is 0 Å². The van der Waals surface area contributed by atoms with Gasteiger partial charge in [0.25, 0.3) is 0 Å². The Morgan fingerprint density at radius 3 is 2.81 bits per heavy atom. The number of thioether (sulfide) groups is 2. The van der Waals surface area contributed by atoms with E-state index >= 15 is 0 Å². The molecular formula is C10H15FNOPS2. The second kappa shape index (κ2) is 5.76. The van der Waals surface area contributed by atoms with Crippen molar-refractivity contribution in [1.82, 2.24) is 4.90 Å². The van der Waals surface area contributed by atoms with E-state index in [1.54, 1.807) is 7.05 Å². The number of nitrogens with zero attached hydrogens (tertiary/aromatic N) is 1. The summed E-state index contributed by atoms with van der Waals surface area (Å²) in [5, 5.41) is 0. The number of likely N-dealkylation sites (N-methyl/N-ethyl adjacent to an activating group) is 1. The Morgan fingerprint density at radius 1 is 1.50 bits per heavy atom. The van der Waals surface area contributed by atoms with E-state index < -0.39 is 0 Å². The standard InChI is InChI=1S/C10H15FNOPS2/c1-12-8(13-14)4-3-7(9(12)11)10-15-5-2-6-16-10/h3-4,8,10H,2,5-6,14H2,1H3. The van der Waals surface area contributed by atoms with Crippen LogP contribution in [0.4, 0.5) is 4.39 Å². The third-order valence-corrected chi connectivity index (χ3v) is 5.85. The Balaban J connectivity index is 2.14. The third-order valence-electron chi connectivity index (χ3n) is 2.59. The summed E-state index contributed by atoms with van der Waals surface area (Å²) < 4.78 is 19.4. The summed E-state index contributed by atoms with van der Waals surface area (Å²) in [4.78, 5) is 1.53. The van der Waals surface area contributed by atoms with Crippen molar-refractivity contribution in [3.05, 3.63) is 23.7 Å². The molecule has 2 unspecified atom stereocenters.